The Morgan fingerprint density at radius 1 is 1.32 bits per heavy atom. The number of rotatable bonds is 2. The first-order valence-corrected chi connectivity index (χ1v) is 6.28. The predicted molar refractivity (Wildman–Crippen MR) is 74.0 cm³/mol. The average Bonchev–Trinajstić information content (AvgIpc) is 2.81. The minimum atomic E-state index is -0.981. The minimum Gasteiger partial charge on any atom is -0.478 e. The summed E-state index contributed by atoms with van der Waals surface area (Å²) in [6, 6.07) is 8.58. The van der Waals surface area contributed by atoms with Gasteiger partial charge in [-0.1, -0.05) is 18.2 Å². The third kappa shape index (κ3) is 2.10. The summed E-state index contributed by atoms with van der Waals surface area (Å²) in [6.07, 6.45) is 1.65. The number of H-pyrrole nitrogens is 1. The first-order valence-electron chi connectivity index (χ1n) is 5.49. The highest BCUT2D eigenvalue weighted by Crippen LogP contribution is 2.24. The van der Waals surface area contributed by atoms with E-state index in [9.17, 15) is 9.90 Å². The number of hydrogen-bond acceptors (Lipinski definition) is 3. The van der Waals surface area contributed by atoms with E-state index in [0.717, 1.165) is 9.99 Å². The van der Waals surface area contributed by atoms with E-state index in [-0.39, 0.29) is 5.56 Å². The number of pyridine rings is 1. The molecule has 0 aliphatic rings. The number of nitrogens with one attached hydrogen (secondary N) is 1. The van der Waals surface area contributed by atoms with Crippen molar-refractivity contribution in [1.29, 1.82) is 0 Å². The Labute approximate surface area is 116 Å². The molecule has 2 N–H and O–H groups in total. The van der Waals surface area contributed by atoms with Crippen LogP contribution in [0.15, 0.2) is 41.0 Å². The van der Waals surface area contributed by atoms with Crippen LogP contribution in [-0.2, 0) is 0 Å². The molecule has 0 aliphatic carbocycles. The van der Waals surface area contributed by atoms with Crippen LogP contribution in [0.4, 0.5) is 0 Å². The molecule has 94 valence electrons. The number of fused-ring (bicyclic) bond motifs is 1. The highest BCUT2D eigenvalue weighted by atomic mass is 79.9. The van der Waals surface area contributed by atoms with E-state index in [0.29, 0.717) is 17.0 Å². The molecule has 0 saturated carbocycles. The van der Waals surface area contributed by atoms with Crippen molar-refractivity contribution in [3.63, 3.8) is 0 Å². The Hall–Kier alpha value is -2.21. The van der Waals surface area contributed by atoms with E-state index in [1.165, 1.54) is 0 Å². The van der Waals surface area contributed by atoms with Crippen LogP contribution in [0.1, 0.15) is 10.4 Å². The fourth-order valence-corrected chi connectivity index (χ4v) is 2.21. The van der Waals surface area contributed by atoms with Crippen molar-refractivity contribution in [1.82, 2.24) is 15.0 Å². The number of aromatic nitrogens is 3. The third-order valence-corrected chi connectivity index (χ3v) is 3.15. The Balaban J connectivity index is 2.22. The van der Waals surface area contributed by atoms with Crippen molar-refractivity contribution in [3.05, 3.63) is 46.6 Å². The Morgan fingerprint density at radius 3 is 2.89 bits per heavy atom. The van der Waals surface area contributed by atoms with Gasteiger partial charge in [0.05, 0.1) is 11.1 Å². The number of carbonyl (C=O) groups is 1. The van der Waals surface area contributed by atoms with Gasteiger partial charge in [-0.05, 0) is 28.1 Å². The molecule has 19 heavy (non-hydrogen) atoms. The smallest absolute Gasteiger partial charge is 0.336 e. The second kappa shape index (κ2) is 4.47. The Bertz CT molecular complexity index is 782. The summed E-state index contributed by atoms with van der Waals surface area (Å²) < 4.78 is 0.835. The van der Waals surface area contributed by atoms with E-state index in [1.54, 1.807) is 30.5 Å². The van der Waals surface area contributed by atoms with Crippen LogP contribution in [0.5, 0.6) is 0 Å². The topological polar surface area (TPSA) is 78.9 Å². The standard InChI is InChI=1S/C13H8BrN3O2/c14-7-5-10-12(15-6-7)17-11(16-10)8-3-1-2-4-9(8)13(18)19/h1-6H,(H,18,19)(H,15,16,17). The number of halogens is 1. The molecular weight excluding hydrogens is 310 g/mol. The fourth-order valence-electron chi connectivity index (χ4n) is 1.88. The van der Waals surface area contributed by atoms with Crippen molar-refractivity contribution in [2.75, 3.05) is 0 Å². The van der Waals surface area contributed by atoms with Crippen molar-refractivity contribution in [3.8, 4) is 11.4 Å². The van der Waals surface area contributed by atoms with Gasteiger partial charge in [0.1, 0.15) is 5.82 Å². The maximum Gasteiger partial charge on any atom is 0.336 e. The summed E-state index contributed by atoms with van der Waals surface area (Å²) in [4.78, 5) is 22.8. The molecule has 0 unspecified atom stereocenters. The van der Waals surface area contributed by atoms with Gasteiger partial charge in [-0.15, -0.1) is 0 Å². The van der Waals surface area contributed by atoms with Crippen LogP contribution in [0.25, 0.3) is 22.6 Å². The average molecular weight is 318 g/mol. The molecule has 0 aliphatic heterocycles. The van der Waals surface area contributed by atoms with E-state index in [4.69, 9.17) is 0 Å². The second-order valence-electron chi connectivity index (χ2n) is 3.96. The van der Waals surface area contributed by atoms with Gasteiger partial charge in [0, 0.05) is 16.2 Å². The zero-order valence-corrected chi connectivity index (χ0v) is 11.2. The summed E-state index contributed by atoms with van der Waals surface area (Å²) in [5.41, 5.74) is 2.06. The number of benzene rings is 1. The first-order chi connectivity index (χ1) is 9.15. The van der Waals surface area contributed by atoms with Gasteiger partial charge in [-0.2, -0.15) is 0 Å². The molecule has 0 bridgehead atoms. The number of carboxylic acids is 1. The van der Waals surface area contributed by atoms with Crippen molar-refractivity contribution >= 4 is 33.1 Å². The summed E-state index contributed by atoms with van der Waals surface area (Å²) in [7, 11) is 0. The van der Waals surface area contributed by atoms with Crippen molar-refractivity contribution in [2.24, 2.45) is 0 Å². The van der Waals surface area contributed by atoms with Crippen molar-refractivity contribution in [2.45, 2.75) is 0 Å². The van der Waals surface area contributed by atoms with Gasteiger partial charge in [-0.3, -0.25) is 0 Å². The van der Waals surface area contributed by atoms with Crippen LogP contribution in [-0.4, -0.2) is 26.0 Å². The van der Waals surface area contributed by atoms with Crippen LogP contribution in [0, 0.1) is 0 Å². The fraction of sp³-hybridized carbons (Fsp3) is 0. The van der Waals surface area contributed by atoms with Gasteiger partial charge in [0.2, 0.25) is 0 Å². The SMILES string of the molecule is O=C(O)c1ccccc1-c1nc2ncc(Br)cc2[nH]1. The number of imidazole rings is 1. The lowest BCUT2D eigenvalue weighted by Gasteiger charge is -2.01. The maximum atomic E-state index is 11.2. The molecule has 3 rings (SSSR count). The van der Waals surface area contributed by atoms with Crippen LogP contribution in [0.2, 0.25) is 0 Å². The third-order valence-electron chi connectivity index (χ3n) is 2.72. The van der Waals surface area contributed by atoms with Crippen molar-refractivity contribution < 1.29 is 9.90 Å². The Kier molecular flexibility index (Phi) is 2.79. The number of carboxylic acid groups (broad SMARTS) is 1. The highest BCUT2D eigenvalue weighted by molar-refractivity contribution is 9.10. The maximum absolute atomic E-state index is 11.2. The summed E-state index contributed by atoms with van der Waals surface area (Å²) in [5, 5.41) is 9.18. The summed E-state index contributed by atoms with van der Waals surface area (Å²) >= 11 is 3.33. The van der Waals surface area contributed by atoms with Crippen LogP contribution in [0.3, 0.4) is 0 Å². The molecular formula is C13H8BrN3O2. The van der Waals surface area contributed by atoms with Gasteiger partial charge >= 0.3 is 5.97 Å². The number of aromatic carboxylic acids is 1. The molecule has 0 radical (unpaired) electrons. The van der Waals surface area contributed by atoms with Gasteiger partial charge in [0.15, 0.2) is 5.65 Å². The van der Waals surface area contributed by atoms with Crippen LogP contribution >= 0.6 is 15.9 Å². The zero-order valence-electron chi connectivity index (χ0n) is 9.59. The van der Waals surface area contributed by atoms with E-state index in [1.807, 2.05) is 6.07 Å². The molecule has 5 nitrogen and oxygen atoms in total. The normalized spacial score (nSPS) is 10.8. The number of nitrogens with zero attached hydrogens (tertiary/aromatic N) is 2. The molecule has 0 amide bonds. The van der Waals surface area contributed by atoms with Gasteiger partial charge in [-0.25, -0.2) is 14.8 Å². The van der Waals surface area contributed by atoms with E-state index >= 15 is 0 Å². The van der Waals surface area contributed by atoms with Gasteiger partial charge < -0.3 is 10.1 Å². The number of hydrogen-bond donors (Lipinski definition) is 2. The first kappa shape index (κ1) is 11.9. The van der Waals surface area contributed by atoms with Gasteiger partial charge in [0.25, 0.3) is 0 Å². The lowest BCUT2D eigenvalue weighted by molar-refractivity contribution is 0.0697. The van der Waals surface area contributed by atoms with E-state index < -0.39 is 5.97 Å². The molecule has 0 fully saturated rings. The second-order valence-corrected chi connectivity index (χ2v) is 4.88. The summed E-state index contributed by atoms with van der Waals surface area (Å²) in [5.74, 6) is -0.483. The lowest BCUT2D eigenvalue weighted by atomic mass is 10.1. The lowest BCUT2D eigenvalue weighted by Crippen LogP contribution is -1.99. The van der Waals surface area contributed by atoms with E-state index in [2.05, 4.69) is 30.9 Å². The van der Waals surface area contributed by atoms with Crippen LogP contribution < -0.4 is 0 Å². The highest BCUT2D eigenvalue weighted by Gasteiger charge is 2.14. The molecule has 1 aromatic carbocycles. The molecule has 0 atom stereocenters. The molecule has 2 aromatic heterocycles. The molecule has 0 spiro atoms. The molecule has 3 aromatic rings. The molecule has 0 saturated heterocycles. The monoisotopic (exact) mass is 317 g/mol. The molecule has 6 heteroatoms. The predicted octanol–water partition coefficient (Wildman–Crippen LogP) is 3.09. The minimum absolute atomic E-state index is 0.209. The molecule has 2 heterocycles. The number of aromatic amines is 1. The largest absolute Gasteiger partial charge is 0.478 e. The quantitative estimate of drug-likeness (QED) is 0.761. The summed E-state index contributed by atoms with van der Waals surface area (Å²) in [6.45, 7) is 0. The Morgan fingerprint density at radius 2 is 2.11 bits per heavy atom. The zero-order chi connectivity index (χ0) is 13.4.